The van der Waals surface area contributed by atoms with Crippen molar-refractivity contribution in [3.63, 3.8) is 0 Å². The minimum Gasteiger partial charge on any atom is -0.298 e. The highest BCUT2D eigenvalue weighted by atomic mass is 79.9. The fraction of sp³-hybridized carbons (Fsp3) is 0.167. The van der Waals surface area contributed by atoms with Crippen LogP contribution in [0.3, 0.4) is 0 Å². The Bertz CT molecular complexity index is 658. The van der Waals surface area contributed by atoms with Gasteiger partial charge < -0.3 is 0 Å². The van der Waals surface area contributed by atoms with Crippen molar-refractivity contribution in [2.75, 3.05) is 0 Å². The van der Waals surface area contributed by atoms with Crippen molar-refractivity contribution in [2.45, 2.75) is 16.8 Å². The predicted octanol–water partition coefficient (Wildman–Crippen LogP) is 4.76. The number of halogens is 3. The Balaban J connectivity index is 2.47. The third kappa shape index (κ3) is 2.99. The number of nitrogens with zero attached hydrogens (tertiary/aromatic N) is 2. The second-order valence-electron chi connectivity index (χ2n) is 3.84. The van der Waals surface area contributed by atoms with E-state index >= 15 is 0 Å². The minimum atomic E-state index is 0.536. The van der Waals surface area contributed by atoms with E-state index in [2.05, 4.69) is 21.0 Å². The zero-order valence-electron chi connectivity index (χ0n) is 10.1. The maximum Gasteiger partial charge on any atom is 0.154 e. The van der Waals surface area contributed by atoms with Crippen molar-refractivity contribution in [2.24, 2.45) is 7.05 Å². The van der Waals surface area contributed by atoms with E-state index in [4.69, 9.17) is 23.2 Å². The number of aromatic nitrogens is 2. The first-order chi connectivity index (χ1) is 8.93. The van der Waals surface area contributed by atoms with Gasteiger partial charge in [0, 0.05) is 16.4 Å². The summed E-state index contributed by atoms with van der Waals surface area (Å²) in [5.41, 5.74) is 1.28. The molecule has 100 valence electrons. The highest BCUT2D eigenvalue weighted by molar-refractivity contribution is 9.10. The summed E-state index contributed by atoms with van der Waals surface area (Å²) in [6, 6.07) is 3.49. The summed E-state index contributed by atoms with van der Waals surface area (Å²) in [5, 5.41) is 6.07. The molecule has 0 atom stereocenters. The number of hydrogen-bond donors (Lipinski definition) is 0. The molecule has 2 rings (SSSR count). The summed E-state index contributed by atoms with van der Waals surface area (Å²) >= 11 is 16.9. The first-order valence-corrected chi connectivity index (χ1v) is 7.61. The van der Waals surface area contributed by atoms with E-state index in [9.17, 15) is 4.79 Å². The van der Waals surface area contributed by atoms with Gasteiger partial charge in [-0.2, -0.15) is 5.10 Å². The molecule has 0 bridgehead atoms. The Morgan fingerprint density at radius 1 is 1.37 bits per heavy atom. The summed E-state index contributed by atoms with van der Waals surface area (Å²) < 4.78 is 2.43. The Morgan fingerprint density at radius 3 is 2.68 bits per heavy atom. The Kier molecular flexibility index (Phi) is 4.61. The van der Waals surface area contributed by atoms with Crippen molar-refractivity contribution in [1.29, 1.82) is 0 Å². The third-order valence-corrected chi connectivity index (χ3v) is 5.37. The Hall–Kier alpha value is -0.490. The molecule has 0 saturated heterocycles. The molecule has 0 aliphatic heterocycles. The van der Waals surface area contributed by atoms with Gasteiger partial charge in [-0.05, 0) is 35.0 Å². The molecule has 1 heterocycles. The molecule has 7 heteroatoms. The van der Waals surface area contributed by atoms with Crippen molar-refractivity contribution in [3.05, 3.63) is 37.9 Å². The van der Waals surface area contributed by atoms with Gasteiger partial charge in [-0.3, -0.25) is 9.48 Å². The largest absolute Gasteiger partial charge is 0.298 e. The first-order valence-electron chi connectivity index (χ1n) is 5.25. The van der Waals surface area contributed by atoms with E-state index in [1.165, 1.54) is 11.8 Å². The second-order valence-corrected chi connectivity index (χ2v) is 6.54. The summed E-state index contributed by atoms with van der Waals surface area (Å²) in [6.45, 7) is 1.80. The fourth-order valence-corrected chi connectivity index (χ4v) is 3.61. The van der Waals surface area contributed by atoms with E-state index < -0.39 is 0 Å². The highest BCUT2D eigenvalue weighted by Crippen LogP contribution is 2.39. The maximum absolute atomic E-state index is 11.1. The molecule has 0 aliphatic rings. The lowest BCUT2D eigenvalue weighted by Crippen LogP contribution is -1.93. The van der Waals surface area contributed by atoms with Crippen LogP contribution in [0.25, 0.3) is 0 Å². The van der Waals surface area contributed by atoms with Crippen LogP contribution in [0.2, 0.25) is 10.0 Å². The second kappa shape index (κ2) is 5.87. The van der Waals surface area contributed by atoms with Gasteiger partial charge in [0.2, 0.25) is 0 Å². The van der Waals surface area contributed by atoms with E-state index in [1.807, 2.05) is 6.07 Å². The van der Waals surface area contributed by atoms with Crippen LogP contribution in [-0.4, -0.2) is 16.1 Å². The lowest BCUT2D eigenvalue weighted by molar-refractivity contribution is 0.112. The molecule has 0 spiro atoms. The average molecular weight is 380 g/mol. The number of rotatable bonds is 3. The molecule has 0 amide bonds. The molecule has 0 aliphatic carbocycles. The lowest BCUT2D eigenvalue weighted by atomic mass is 10.3. The molecule has 19 heavy (non-hydrogen) atoms. The quantitative estimate of drug-likeness (QED) is 0.569. The van der Waals surface area contributed by atoms with Crippen molar-refractivity contribution >= 4 is 57.2 Å². The zero-order chi connectivity index (χ0) is 14.2. The monoisotopic (exact) mass is 378 g/mol. The topological polar surface area (TPSA) is 34.9 Å². The van der Waals surface area contributed by atoms with E-state index in [0.29, 0.717) is 21.3 Å². The third-order valence-electron chi connectivity index (χ3n) is 2.51. The summed E-state index contributed by atoms with van der Waals surface area (Å²) in [7, 11) is 1.79. The molecule has 0 unspecified atom stereocenters. The van der Waals surface area contributed by atoms with E-state index in [-0.39, 0.29) is 0 Å². The van der Waals surface area contributed by atoms with Gasteiger partial charge in [-0.25, -0.2) is 0 Å². The van der Waals surface area contributed by atoms with Crippen LogP contribution < -0.4 is 0 Å². The normalized spacial score (nSPS) is 10.8. The van der Waals surface area contributed by atoms with Crippen LogP contribution in [0, 0.1) is 6.92 Å². The summed E-state index contributed by atoms with van der Waals surface area (Å²) in [6.07, 6.45) is 0.809. The molecule has 0 fully saturated rings. The highest BCUT2D eigenvalue weighted by Gasteiger charge is 2.16. The van der Waals surface area contributed by atoms with Gasteiger partial charge in [0.15, 0.2) is 6.29 Å². The van der Waals surface area contributed by atoms with Gasteiger partial charge in [0.05, 0.1) is 21.3 Å². The van der Waals surface area contributed by atoms with Crippen LogP contribution in [0.15, 0.2) is 26.5 Å². The van der Waals surface area contributed by atoms with Gasteiger partial charge in [-0.15, -0.1) is 0 Å². The average Bonchev–Trinajstić information content (AvgIpc) is 2.60. The molecular formula is C12H9BrCl2N2OS. The van der Waals surface area contributed by atoms with Crippen LogP contribution in [0.5, 0.6) is 0 Å². The molecular weight excluding hydrogens is 371 g/mol. The molecule has 0 N–H and O–H groups in total. The van der Waals surface area contributed by atoms with E-state index in [1.54, 1.807) is 24.7 Å². The molecule has 1 aromatic heterocycles. The van der Waals surface area contributed by atoms with Gasteiger partial charge in [-0.1, -0.05) is 35.0 Å². The number of carbonyl (C=O) groups is 1. The molecule has 1 aromatic carbocycles. The number of aryl methyl sites for hydroxylation is 2. The molecule has 3 nitrogen and oxygen atoms in total. The first kappa shape index (κ1) is 14.9. The number of hydrogen-bond acceptors (Lipinski definition) is 3. The van der Waals surface area contributed by atoms with Gasteiger partial charge in [0.25, 0.3) is 0 Å². The minimum absolute atomic E-state index is 0.536. The fourth-order valence-electron chi connectivity index (χ4n) is 1.60. The van der Waals surface area contributed by atoms with Crippen molar-refractivity contribution in [1.82, 2.24) is 9.78 Å². The van der Waals surface area contributed by atoms with Gasteiger partial charge in [0.1, 0.15) is 5.03 Å². The van der Waals surface area contributed by atoms with Crippen LogP contribution in [0.1, 0.15) is 16.1 Å². The SMILES string of the molecule is Cc1nn(C)c(Sc2cc(Br)c(Cl)cc2Cl)c1C=O. The van der Waals surface area contributed by atoms with E-state index in [0.717, 1.165) is 20.7 Å². The molecule has 2 aromatic rings. The standard InChI is InChI=1S/C12H9BrCl2N2OS/c1-6-7(5-18)12(17(2)16-6)19-11-3-8(13)9(14)4-10(11)15/h3-5H,1-2H3. The molecule has 0 saturated carbocycles. The Morgan fingerprint density at radius 2 is 2.05 bits per heavy atom. The smallest absolute Gasteiger partial charge is 0.154 e. The lowest BCUT2D eigenvalue weighted by Gasteiger charge is -2.07. The summed E-state index contributed by atoms with van der Waals surface area (Å²) in [4.78, 5) is 11.9. The summed E-state index contributed by atoms with van der Waals surface area (Å²) in [5.74, 6) is 0. The number of benzene rings is 1. The van der Waals surface area contributed by atoms with Crippen LogP contribution in [-0.2, 0) is 7.05 Å². The van der Waals surface area contributed by atoms with Crippen molar-refractivity contribution in [3.8, 4) is 0 Å². The Labute approximate surface area is 133 Å². The maximum atomic E-state index is 11.1. The van der Waals surface area contributed by atoms with Crippen molar-refractivity contribution < 1.29 is 4.79 Å². The zero-order valence-corrected chi connectivity index (χ0v) is 14.0. The van der Waals surface area contributed by atoms with Crippen LogP contribution in [0.4, 0.5) is 0 Å². The number of aldehydes is 1. The number of carbonyl (C=O) groups excluding carboxylic acids is 1. The molecule has 0 radical (unpaired) electrons. The van der Waals surface area contributed by atoms with Crippen LogP contribution >= 0.6 is 50.9 Å². The van der Waals surface area contributed by atoms with Gasteiger partial charge >= 0.3 is 0 Å². The predicted molar refractivity (Wildman–Crippen MR) is 81.6 cm³/mol.